The van der Waals surface area contributed by atoms with Gasteiger partial charge in [-0.15, -0.1) is 0 Å². The highest BCUT2D eigenvalue weighted by Gasteiger charge is 2.29. The molecule has 0 radical (unpaired) electrons. The van der Waals surface area contributed by atoms with Crippen LogP contribution in [0.15, 0.2) is 18.5 Å². The summed E-state index contributed by atoms with van der Waals surface area (Å²) >= 11 is 0. The van der Waals surface area contributed by atoms with Crippen LogP contribution in [0, 0.1) is 0 Å². The first-order valence-corrected chi connectivity index (χ1v) is 6.19. The third-order valence-corrected chi connectivity index (χ3v) is 3.13. The monoisotopic (exact) mass is 267 g/mol. The van der Waals surface area contributed by atoms with E-state index < -0.39 is 18.1 Å². The molecule has 2 atom stereocenters. The van der Waals surface area contributed by atoms with Crippen molar-refractivity contribution in [3.05, 3.63) is 18.5 Å². The van der Waals surface area contributed by atoms with Gasteiger partial charge in [0.2, 0.25) is 5.91 Å². The first-order valence-electron chi connectivity index (χ1n) is 6.19. The number of amides is 1. The van der Waals surface area contributed by atoms with E-state index in [0.29, 0.717) is 19.7 Å². The molecule has 104 valence electrons. The zero-order valence-corrected chi connectivity index (χ0v) is 10.7. The lowest BCUT2D eigenvalue weighted by Crippen LogP contribution is -2.48. The predicted octanol–water partition coefficient (Wildman–Crippen LogP) is 0.146. The number of hydrogen-bond acceptors (Lipinski definition) is 4. The van der Waals surface area contributed by atoms with E-state index in [9.17, 15) is 9.59 Å². The van der Waals surface area contributed by atoms with Crippen LogP contribution in [-0.2, 0) is 14.3 Å². The normalized spacial score (nSPS) is 21.1. The minimum atomic E-state index is -0.917. The molecule has 2 heterocycles. The number of carboxylic acid groups (broad SMARTS) is 1. The fourth-order valence-corrected chi connectivity index (χ4v) is 2.12. The Balaban J connectivity index is 1.97. The van der Waals surface area contributed by atoms with Crippen molar-refractivity contribution in [2.24, 2.45) is 0 Å². The van der Waals surface area contributed by atoms with Crippen molar-refractivity contribution in [3.63, 3.8) is 0 Å². The summed E-state index contributed by atoms with van der Waals surface area (Å²) in [5.74, 6) is -0.984. The first kappa shape index (κ1) is 13.5. The lowest BCUT2D eigenvalue weighted by molar-refractivity contribution is -0.149. The van der Waals surface area contributed by atoms with Crippen molar-refractivity contribution in [1.82, 2.24) is 14.7 Å². The summed E-state index contributed by atoms with van der Waals surface area (Å²) in [5.41, 5.74) is 0. The van der Waals surface area contributed by atoms with Gasteiger partial charge in [-0.05, 0) is 13.0 Å². The van der Waals surface area contributed by atoms with Crippen LogP contribution >= 0.6 is 0 Å². The Hall–Kier alpha value is -1.89. The number of carboxylic acids is 1. The number of hydrogen-bond donors (Lipinski definition) is 1. The molecule has 2 rings (SSSR count). The summed E-state index contributed by atoms with van der Waals surface area (Å²) in [6.45, 7) is 2.95. The number of carbonyl (C=O) groups is 2. The van der Waals surface area contributed by atoms with E-state index in [4.69, 9.17) is 9.84 Å². The Morgan fingerprint density at radius 1 is 1.58 bits per heavy atom. The summed E-state index contributed by atoms with van der Waals surface area (Å²) in [6, 6.07) is 1.37. The molecule has 1 amide bonds. The Morgan fingerprint density at radius 2 is 2.37 bits per heavy atom. The van der Waals surface area contributed by atoms with Gasteiger partial charge < -0.3 is 14.7 Å². The van der Waals surface area contributed by atoms with Crippen LogP contribution in [0.1, 0.15) is 19.4 Å². The van der Waals surface area contributed by atoms with E-state index >= 15 is 0 Å². The second-order valence-corrected chi connectivity index (χ2v) is 4.54. The molecule has 7 heteroatoms. The Morgan fingerprint density at radius 3 is 3.00 bits per heavy atom. The van der Waals surface area contributed by atoms with Crippen LogP contribution < -0.4 is 0 Å². The fourth-order valence-electron chi connectivity index (χ4n) is 2.12. The molecule has 0 spiro atoms. The molecule has 1 N–H and O–H groups in total. The summed E-state index contributed by atoms with van der Waals surface area (Å²) in [7, 11) is 0. The standard InChI is InChI=1S/C12H17N3O4/c1-9(15-4-2-3-13-15)12(18)14-5-6-19-10(8-14)7-11(16)17/h2-4,9-10H,5-8H2,1H3,(H,16,17). The van der Waals surface area contributed by atoms with Crippen molar-refractivity contribution in [2.45, 2.75) is 25.5 Å². The van der Waals surface area contributed by atoms with Gasteiger partial charge in [0.1, 0.15) is 6.04 Å². The third-order valence-electron chi connectivity index (χ3n) is 3.13. The Labute approximate surface area is 110 Å². The first-order chi connectivity index (χ1) is 9.08. The molecular formula is C12H17N3O4. The molecule has 0 saturated carbocycles. The maximum absolute atomic E-state index is 12.3. The van der Waals surface area contributed by atoms with E-state index in [-0.39, 0.29) is 12.3 Å². The maximum atomic E-state index is 12.3. The highest BCUT2D eigenvalue weighted by Crippen LogP contribution is 2.14. The van der Waals surface area contributed by atoms with E-state index in [0.717, 1.165) is 0 Å². The number of ether oxygens (including phenoxy) is 1. The lowest BCUT2D eigenvalue weighted by Gasteiger charge is -2.33. The number of morpholine rings is 1. The third kappa shape index (κ3) is 3.31. The molecule has 1 fully saturated rings. The van der Waals surface area contributed by atoms with E-state index in [1.165, 1.54) is 0 Å². The molecule has 0 aromatic carbocycles. The van der Waals surface area contributed by atoms with E-state index in [1.807, 2.05) is 0 Å². The van der Waals surface area contributed by atoms with Gasteiger partial charge in [0.25, 0.3) is 0 Å². The largest absolute Gasteiger partial charge is 0.481 e. The van der Waals surface area contributed by atoms with Crippen LogP contribution in [0.2, 0.25) is 0 Å². The van der Waals surface area contributed by atoms with Crippen LogP contribution in [0.3, 0.4) is 0 Å². The second-order valence-electron chi connectivity index (χ2n) is 4.54. The molecule has 1 saturated heterocycles. The minimum absolute atomic E-state index is 0.0672. The van der Waals surface area contributed by atoms with Crippen LogP contribution in [0.4, 0.5) is 0 Å². The molecule has 1 aliphatic rings. The Bertz CT molecular complexity index is 446. The van der Waals surface area contributed by atoms with Gasteiger partial charge in [-0.1, -0.05) is 0 Å². The average Bonchev–Trinajstić information content (AvgIpc) is 2.90. The zero-order valence-electron chi connectivity index (χ0n) is 10.7. The highest BCUT2D eigenvalue weighted by atomic mass is 16.5. The number of aliphatic carboxylic acids is 1. The summed E-state index contributed by atoms with van der Waals surface area (Å²) in [6.07, 6.45) is 2.84. The lowest BCUT2D eigenvalue weighted by atomic mass is 10.2. The summed E-state index contributed by atoms with van der Waals surface area (Å²) in [5, 5.41) is 12.8. The summed E-state index contributed by atoms with van der Waals surface area (Å²) in [4.78, 5) is 24.6. The van der Waals surface area contributed by atoms with Crippen molar-refractivity contribution >= 4 is 11.9 Å². The predicted molar refractivity (Wildman–Crippen MR) is 65.5 cm³/mol. The average molecular weight is 267 g/mol. The quantitative estimate of drug-likeness (QED) is 0.839. The molecule has 2 unspecified atom stereocenters. The van der Waals surface area contributed by atoms with Crippen LogP contribution in [0.25, 0.3) is 0 Å². The number of rotatable bonds is 4. The maximum Gasteiger partial charge on any atom is 0.306 e. The van der Waals surface area contributed by atoms with E-state index in [2.05, 4.69) is 5.10 Å². The molecular weight excluding hydrogens is 250 g/mol. The van der Waals surface area contributed by atoms with Gasteiger partial charge in [-0.25, -0.2) is 0 Å². The van der Waals surface area contributed by atoms with Gasteiger partial charge >= 0.3 is 5.97 Å². The topological polar surface area (TPSA) is 84.7 Å². The molecule has 1 aliphatic heterocycles. The van der Waals surface area contributed by atoms with Gasteiger partial charge in [-0.2, -0.15) is 5.10 Å². The fraction of sp³-hybridized carbons (Fsp3) is 0.583. The van der Waals surface area contributed by atoms with Gasteiger partial charge in [0, 0.05) is 25.5 Å². The number of carbonyl (C=O) groups excluding carboxylic acids is 1. The Kier molecular flexibility index (Phi) is 4.16. The van der Waals surface area contributed by atoms with Crippen LogP contribution in [0.5, 0.6) is 0 Å². The molecule has 19 heavy (non-hydrogen) atoms. The number of nitrogens with zero attached hydrogens (tertiary/aromatic N) is 3. The molecule has 1 aromatic rings. The SMILES string of the molecule is CC(C(=O)N1CCOC(CC(=O)O)C1)n1cccn1. The smallest absolute Gasteiger partial charge is 0.306 e. The molecule has 7 nitrogen and oxygen atoms in total. The van der Waals surface area contributed by atoms with Crippen molar-refractivity contribution < 1.29 is 19.4 Å². The van der Waals surface area contributed by atoms with Crippen molar-refractivity contribution in [2.75, 3.05) is 19.7 Å². The second kappa shape index (κ2) is 5.83. The zero-order chi connectivity index (χ0) is 13.8. The highest BCUT2D eigenvalue weighted by molar-refractivity contribution is 5.80. The summed E-state index contributed by atoms with van der Waals surface area (Å²) < 4.78 is 6.93. The van der Waals surface area contributed by atoms with Crippen molar-refractivity contribution in [1.29, 1.82) is 0 Å². The van der Waals surface area contributed by atoms with Gasteiger partial charge in [-0.3, -0.25) is 14.3 Å². The van der Waals surface area contributed by atoms with Crippen LogP contribution in [-0.4, -0.2) is 57.5 Å². The number of aromatic nitrogens is 2. The molecule has 0 aliphatic carbocycles. The van der Waals surface area contributed by atoms with Crippen molar-refractivity contribution in [3.8, 4) is 0 Å². The van der Waals surface area contributed by atoms with E-state index in [1.54, 1.807) is 35.0 Å². The molecule has 1 aromatic heterocycles. The molecule has 0 bridgehead atoms. The van der Waals surface area contributed by atoms with Gasteiger partial charge in [0.05, 0.1) is 19.1 Å². The minimum Gasteiger partial charge on any atom is -0.481 e. The van der Waals surface area contributed by atoms with Gasteiger partial charge in [0.15, 0.2) is 0 Å².